The molecule has 7 heteroatoms. The van der Waals surface area contributed by atoms with Crippen LogP contribution in [-0.2, 0) is 4.79 Å². The molecular weight excluding hydrogens is 346 g/mol. The van der Waals surface area contributed by atoms with Gasteiger partial charge in [0.15, 0.2) is 5.11 Å². The third kappa shape index (κ3) is 5.91. The zero-order chi connectivity index (χ0) is 17.4. The van der Waals surface area contributed by atoms with Crippen LogP contribution in [0.2, 0.25) is 5.02 Å². The summed E-state index contributed by atoms with van der Waals surface area (Å²) in [6, 6.07) is 14.4. The average molecular weight is 362 g/mol. The Labute approximate surface area is 150 Å². The molecule has 0 bridgehead atoms. The maximum Gasteiger partial charge on any atom is 0.262 e. The largest absolute Gasteiger partial charge is 0.497 e. The predicted octanol–water partition coefficient (Wildman–Crippen LogP) is 3.38. The van der Waals surface area contributed by atoms with Gasteiger partial charge < -0.3 is 10.1 Å². The number of anilines is 1. The molecule has 0 spiro atoms. The number of hydrazine groups is 1. The van der Waals surface area contributed by atoms with Crippen molar-refractivity contribution in [3.05, 3.63) is 65.2 Å². The molecule has 0 heterocycles. The fourth-order valence-electron chi connectivity index (χ4n) is 1.74. The molecule has 0 aliphatic heterocycles. The summed E-state index contributed by atoms with van der Waals surface area (Å²) in [5.41, 5.74) is 6.74. The van der Waals surface area contributed by atoms with Crippen molar-refractivity contribution in [3.8, 4) is 5.75 Å². The summed E-state index contributed by atoms with van der Waals surface area (Å²) in [5, 5.41) is 3.82. The van der Waals surface area contributed by atoms with Crippen LogP contribution in [0, 0.1) is 0 Å². The van der Waals surface area contributed by atoms with Gasteiger partial charge >= 0.3 is 0 Å². The molecule has 0 aliphatic carbocycles. The van der Waals surface area contributed by atoms with Gasteiger partial charge in [0.1, 0.15) is 5.75 Å². The minimum atomic E-state index is -0.328. The van der Waals surface area contributed by atoms with Gasteiger partial charge in [0.05, 0.1) is 7.11 Å². The summed E-state index contributed by atoms with van der Waals surface area (Å²) in [6.45, 7) is 0. The van der Waals surface area contributed by atoms with Crippen molar-refractivity contribution in [2.75, 3.05) is 12.4 Å². The number of amides is 1. The lowest BCUT2D eigenvalue weighted by Crippen LogP contribution is -2.43. The standard InChI is InChI=1S/C17H16ClN3O2S/c1-23-15-9-2-12(3-10-15)4-11-16(22)20-21-17(24)19-14-7-5-13(18)6-8-14/h2-11H,1H3,(H,20,22)(H2,19,21,24)/b11-4+. The van der Waals surface area contributed by atoms with Crippen LogP contribution in [0.25, 0.3) is 6.08 Å². The summed E-state index contributed by atoms with van der Waals surface area (Å²) in [6.07, 6.45) is 3.09. The first-order chi connectivity index (χ1) is 11.6. The van der Waals surface area contributed by atoms with E-state index in [1.807, 2.05) is 24.3 Å². The van der Waals surface area contributed by atoms with E-state index in [0.717, 1.165) is 17.0 Å². The Bertz CT molecular complexity index is 731. The van der Waals surface area contributed by atoms with Gasteiger partial charge in [-0.2, -0.15) is 0 Å². The fraction of sp³-hybridized carbons (Fsp3) is 0.0588. The molecule has 0 radical (unpaired) electrons. The van der Waals surface area contributed by atoms with E-state index in [2.05, 4.69) is 16.2 Å². The van der Waals surface area contributed by atoms with Crippen LogP contribution in [0.5, 0.6) is 5.75 Å². The molecule has 0 atom stereocenters. The first-order valence-electron chi connectivity index (χ1n) is 7.01. The van der Waals surface area contributed by atoms with Crippen molar-refractivity contribution in [1.29, 1.82) is 0 Å². The maximum atomic E-state index is 11.8. The summed E-state index contributed by atoms with van der Waals surface area (Å²) in [4.78, 5) is 11.8. The van der Waals surface area contributed by atoms with E-state index < -0.39 is 0 Å². The number of methoxy groups -OCH3 is 1. The number of nitrogens with one attached hydrogen (secondary N) is 3. The third-order valence-electron chi connectivity index (χ3n) is 2.94. The number of halogens is 1. The number of hydrogen-bond donors (Lipinski definition) is 3. The Morgan fingerprint density at radius 1 is 1.08 bits per heavy atom. The highest BCUT2D eigenvalue weighted by Crippen LogP contribution is 2.13. The molecule has 24 heavy (non-hydrogen) atoms. The van der Waals surface area contributed by atoms with Crippen LogP contribution < -0.4 is 20.9 Å². The number of benzene rings is 2. The second-order valence-corrected chi connectivity index (χ2v) is 5.53. The SMILES string of the molecule is COc1ccc(/C=C/C(=O)NNC(=S)Nc2ccc(Cl)cc2)cc1. The molecule has 0 aliphatic rings. The second-order valence-electron chi connectivity index (χ2n) is 4.68. The first-order valence-corrected chi connectivity index (χ1v) is 7.80. The monoisotopic (exact) mass is 361 g/mol. The quantitative estimate of drug-likeness (QED) is 0.442. The molecule has 0 saturated carbocycles. The Morgan fingerprint density at radius 3 is 2.38 bits per heavy atom. The number of carbonyl (C=O) groups is 1. The van der Waals surface area contributed by atoms with Crippen LogP contribution in [0.3, 0.4) is 0 Å². The number of rotatable bonds is 4. The van der Waals surface area contributed by atoms with Crippen molar-refractivity contribution in [2.45, 2.75) is 0 Å². The van der Waals surface area contributed by atoms with Crippen LogP contribution in [0.1, 0.15) is 5.56 Å². The fourth-order valence-corrected chi connectivity index (χ4v) is 2.04. The zero-order valence-electron chi connectivity index (χ0n) is 12.9. The van der Waals surface area contributed by atoms with Gasteiger partial charge in [0.25, 0.3) is 5.91 Å². The lowest BCUT2D eigenvalue weighted by Gasteiger charge is -2.10. The summed E-state index contributed by atoms with van der Waals surface area (Å²) < 4.78 is 5.07. The van der Waals surface area contributed by atoms with Crippen LogP contribution in [-0.4, -0.2) is 18.1 Å². The molecule has 2 aromatic carbocycles. The smallest absolute Gasteiger partial charge is 0.262 e. The molecule has 1 amide bonds. The lowest BCUT2D eigenvalue weighted by atomic mass is 10.2. The zero-order valence-corrected chi connectivity index (χ0v) is 14.4. The molecule has 0 aromatic heterocycles. The Hall–Kier alpha value is -2.57. The van der Waals surface area contributed by atoms with E-state index in [9.17, 15) is 4.79 Å². The third-order valence-corrected chi connectivity index (χ3v) is 3.40. The Morgan fingerprint density at radius 2 is 1.75 bits per heavy atom. The second kappa shape index (κ2) is 8.90. The van der Waals surface area contributed by atoms with E-state index in [1.54, 1.807) is 37.5 Å². The molecule has 2 rings (SSSR count). The number of hydrogen-bond acceptors (Lipinski definition) is 3. The Kier molecular flexibility index (Phi) is 6.60. The van der Waals surface area contributed by atoms with Gasteiger partial charge in [0.2, 0.25) is 0 Å². The minimum absolute atomic E-state index is 0.267. The first kappa shape index (κ1) is 17.8. The van der Waals surface area contributed by atoms with E-state index in [0.29, 0.717) is 5.02 Å². The highest BCUT2D eigenvalue weighted by Gasteiger charge is 1.99. The normalized spacial score (nSPS) is 10.2. The van der Waals surface area contributed by atoms with E-state index in [4.69, 9.17) is 28.6 Å². The highest BCUT2D eigenvalue weighted by molar-refractivity contribution is 7.80. The molecule has 0 fully saturated rings. The number of ether oxygens (including phenoxy) is 1. The summed E-state index contributed by atoms with van der Waals surface area (Å²) >= 11 is 10.9. The van der Waals surface area contributed by atoms with E-state index in [-0.39, 0.29) is 11.0 Å². The van der Waals surface area contributed by atoms with Crippen LogP contribution >= 0.6 is 23.8 Å². The molecule has 0 unspecified atom stereocenters. The maximum absolute atomic E-state index is 11.8. The van der Waals surface area contributed by atoms with Gasteiger partial charge in [0, 0.05) is 16.8 Å². The van der Waals surface area contributed by atoms with Crippen LogP contribution in [0.4, 0.5) is 5.69 Å². The van der Waals surface area contributed by atoms with Gasteiger partial charge in [-0.05, 0) is 60.3 Å². The molecule has 3 N–H and O–H groups in total. The molecule has 2 aromatic rings. The van der Waals surface area contributed by atoms with Crippen molar-refractivity contribution >= 4 is 46.6 Å². The average Bonchev–Trinajstić information content (AvgIpc) is 2.60. The van der Waals surface area contributed by atoms with Crippen molar-refractivity contribution in [1.82, 2.24) is 10.9 Å². The number of carbonyl (C=O) groups excluding carboxylic acids is 1. The van der Waals surface area contributed by atoms with Crippen molar-refractivity contribution in [3.63, 3.8) is 0 Å². The van der Waals surface area contributed by atoms with Crippen molar-refractivity contribution in [2.24, 2.45) is 0 Å². The highest BCUT2D eigenvalue weighted by atomic mass is 35.5. The van der Waals surface area contributed by atoms with Gasteiger partial charge in [-0.25, -0.2) is 0 Å². The Balaban J connectivity index is 1.78. The predicted molar refractivity (Wildman–Crippen MR) is 101 cm³/mol. The molecular formula is C17H16ClN3O2S. The topological polar surface area (TPSA) is 62.4 Å². The molecule has 5 nitrogen and oxygen atoms in total. The number of thiocarbonyl (C=S) groups is 1. The molecule has 0 saturated heterocycles. The van der Waals surface area contributed by atoms with E-state index >= 15 is 0 Å². The van der Waals surface area contributed by atoms with Gasteiger partial charge in [-0.1, -0.05) is 23.7 Å². The lowest BCUT2D eigenvalue weighted by molar-refractivity contribution is -0.116. The molecule has 124 valence electrons. The van der Waals surface area contributed by atoms with E-state index in [1.165, 1.54) is 6.08 Å². The van der Waals surface area contributed by atoms with Crippen LogP contribution in [0.15, 0.2) is 54.6 Å². The van der Waals surface area contributed by atoms with Crippen molar-refractivity contribution < 1.29 is 9.53 Å². The van der Waals surface area contributed by atoms with Gasteiger partial charge in [-0.3, -0.25) is 15.6 Å². The summed E-state index contributed by atoms with van der Waals surface area (Å²) in [5.74, 6) is 0.433. The summed E-state index contributed by atoms with van der Waals surface area (Å²) in [7, 11) is 1.60. The van der Waals surface area contributed by atoms with Gasteiger partial charge in [-0.15, -0.1) is 0 Å². The minimum Gasteiger partial charge on any atom is -0.497 e.